The highest BCUT2D eigenvalue weighted by molar-refractivity contribution is 7.81. The molecule has 6 heteroatoms. The molecule has 0 aliphatic heterocycles. The van der Waals surface area contributed by atoms with Crippen molar-refractivity contribution >= 4 is 10.4 Å². The minimum Gasteiger partial charge on any atom is -0.360 e. The van der Waals surface area contributed by atoms with Crippen LogP contribution in [0.3, 0.4) is 0 Å². The van der Waals surface area contributed by atoms with Gasteiger partial charge in [0, 0.05) is 6.20 Å². The van der Waals surface area contributed by atoms with E-state index >= 15 is 0 Å². The molecule has 1 aromatic heterocycles. The quantitative estimate of drug-likeness (QED) is 0.688. The van der Waals surface area contributed by atoms with Crippen molar-refractivity contribution in [2.45, 2.75) is 6.92 Å². The van der Waals surface area contributed by atoms with E-state index < -0.39 is 10.4 Å². The number of pyridine rings is 1. The van der Waals surface area contributed by atoms with Crippen LogP contribution in [-0.4, -0.2) is 18.0 Å². The van der Waals surface area contributed by atoms with Gasteiger partial charge in [-0.15, -0.1) is 0 Å². The van der Waals surface area contributed by atoms with Gasteiger partial charge >= 0.3 is 10.4 Å². The molecule has 0 aliphatic carbocycles. The second-order valence-electron chi connectivity index (χ2n) is 2.10. The first-order valence-corrected chi connectivity index (χ1v) is 4.44. The summed E-state index contributed by atoms with van der Waals surface area (Å²) in [6, 6.07) is 2.91. The van der Waals surface area contributed by atoms with Crippen molar-refractivity contribution in [1.82, 2.24) is 4.98 Å². The third-order valence-corrected chi connectivity index (χ3v) is 1.54. The Balaban J connectivity index is 2.98. The van der Waals surface area contributed by atoms with E-state index in [9.17, 15) is 8.42 Å². The summed E-state index contributed by atoms with van der Waals surface area (Å²) in [7, 11) is -4.44. The van der Waals surface area contributed by atoms with E-state index in [1.54, 1.807) is 6.92 Å². The Hall–Kier alpha value is -1.14. The maximum Gasteiger partial charge on any atom is 0.446 e. The third kappa shape index (κ3) is 2.48. The molecule has 0 saturated carbocycles. The summed E-state index contributed by atoms with van der Waals surface area (Å²) < 4.78 is 33.0. The van der Waals surface area contributed by atoms with Crippen LogP contribution in [0.2, 0.25) is 0 Å². The average Bonchev–Trinajstić information content (AvgIpc) is 1.91. The molecule has 0 unspecified atom stereocenters. The van der Waals surface area contributed by atoms with Gasteiger partial charge in [0.05, 0.1) is 5.69 Å². The Morgan fingerprint density at radius 2 is 2.25 bits per heavy atom. The monoisotopic (exact) mass is 189 g/mol. The standard InChI is InChI=1S/C6H7NO4S/c1-5-6(3-2-4-7-5)11-12(8,9)10/h2-4H,1H3,(H,8,9,10). The molecule has 0 aromatic carbocycles. The fourth-order valence-electron chi connectivity index (χ4n) is 0.671. The minimum absolute atomic E-state index is 0.0278. The molecule has 1 rings (SSSR count). The van der Waals surface area contributed by atoms with Crippen LogP contribution >= 0.6 is 0 Å². The molecule has 0 radical (unpaired) electrons. The summed E-state index contributed by atoms with van der Waals surface area (Å²) in [5.74, 6) is 0.0278. The second-order valence-corrected chi connectivity index (χ2v) is 3.12. The van der Waals surface area contributed by atoms with Crippen molar-refractivity contribution < 1.29 is 17.2 Å². The van der Waals surface area contributed by atoms with E-state index in [4.69, 9.17) is 4.55 Å². The predicted molar refractivity (Wildman–Crippen MR) is 41.2 cm³/mol. The Morgan fingerprint density at radius 1 is 1.58 bits per heavy atom. The highest BCUT2D eigenvalue weighted by Gasteiger charge is 2.08. The van der Waals surface area contributed by atoms with Crippen LogP contribution in [-0.2, 0) is 10.4 Å². The van der Waals surface area contributed by atoms with Crippen LogP contribution in [0.4, 0.5) is 0 Å². The molecule has 0 amide bonds. The molecule has 1 aromatic rings. The van der Waals surface area contributed by atoms with E-state index in [0.717, 1.165) is 0 Å². The van der Waals surface area contributed by atoms with E-state index in [2.05, 4.69) is 9.17 Å². The summed E-state index contributed by atoms with van der Waals surface area (Å²) in [5, 5.41) is 0. The average molecular weight is 189 g/mol. The zero-order chi connectivity index (χ0) is 9.19. The summed E-state index contributed by atoms with van der Waals surface area (Å²) in [6.07, 6.45) is 1.49. The number of aromatic nitrogens is 1. The number of nitrogens with zero attached hydrogens (tertiary/aromatic N) is 1. The van der Waals surface area contributed by atoms with Gasteiger partial charge in [0.1, 0.15) is 0 Å². The van der Waals surface area contributed by atoms with Gasteiger partial charge in [0.25, 0.3) is 0 Å². The zero-order valence-corrected chi connectivity index (χ0v) is 7.08. The molecule has 0 spiro atoms. The Kier molecular flexibility index (Phi) is 2.30. The van der Waals surface area contributed by atoms with Crippen LogP contribution in [0.5, 0.6) is 5.75 Å². The zero-order valence-electron chi connectivity index (χ0n) is 6.26. The molecule has 0 fully saturated rings. The number of rotatable bonds is 2. The van der Waals surface area contributed by atoms with E-state index in [1.165, 1.54) is 18.3 Å². The molecule has 0 bridgehead atoms. The van der Waals surface area contributed by atoms with Gasteiger partial charge in [-0.25, -0.2) is 0 Å². The molecular formula is C6H7NO4S. The van der Waals surface area contributed by atoms with Crippen LogP contribution in [0.25, 0.3) is 0 Å². The van der Waals surface area contributed by atoms with Crippen molar-refractivity contribution in [3.8, 4) is 5.75 Å². The Morgan fingerprint density at radius 3 is 2.75 bits per heavy atom. The van der Waals surface area contributed by atoms with Gasteiger partial charge in [-0.1, -0.05) is 0 Å². The van der Waals surface area contributed by atoms with Crippen molar-refractivity contribution in [3.05, 3.63) is 24.0 Å². The van der Waals surface area contributed by atoms with Gasteiger partial charge < -0.3 is 4.18 Å². The number of hydrogen-bond donors (Lipinski definition) is 1. The van der Waals surface area contributed by atoms with Crippen molar-refractivity contribution in [2.24, 2.45) is 0 Å². The first-order valence-electron chi connectivity index (χ1n) is 3.07. The first kappa shape index (κ1) is 8.95. The fraction of sp³-hybridized carbons (Fsp3) is 0.167. The minimum atomic E-state index is -4.44. The maximum atomic E-state index is 10.3. The largest absolute Gasteiger partial charge is 0.446 e. The van der Waals surface area contributed by atoms with Crippen LogP contribution < -0.4 is 4.18 Å². The Bertz CT molecular complexity index is 373. The lowest BCUT2D eigenvalue weighted by molar-refractivity contribution is 0.385. The second kappa shape index (κ2) is 3.08. The third-order valence-electron chi connectivity index (χ3n) is 1.15. The van der Waals surface area contributed by atoms with Gasteiger partial charge in [-0.3, -0.25) is 9.54 Å². The molecule has 1 N–H and O–H groups in total. The lowest BCUT2D eigenvalue weighted by atomic mass is 10.3. The van der Waals surface area contributed by atoms with Crippen LogP contribution in [0.15, 0.2) is 18.3 Å². The van der Waals surface area contributed by atoms with E-state index in [-0.39, 0.29) is 5.75 Å². The topological polar surface area (TPSA) is 76.5 Å². The van der Waals surface area contributed by atoms with Crippen LogP contribution in [0.1, 0.15) is 5.69 Å². The molecule has 5 nitrogen and oxygen atoms in total. The highest BCUT2D eigenvalue weighted by atomic mass is 32.3. The molecule has 0 aliphatic rings. The van der Waals surface area contributed by atoms with Crippen molar-refractivity contribution in [3.63, 3.8) is 0 Å². The summed E-state index contributed by atoms with van der Waals surface area (Å²) >= 11 is 0. The number of hydrogen-bond acceptors (Lipinski definition) is 4. The van der Waals surface area contributed by atoms with Crippen LogP contribution in [0, 0.1) is 6.92 Å². The summed E-state index contributed by atoms with van der Waals surface area (Å²) in [5.41, 5.74) is 0.398. The molecule has 12 heavy (non-hydrogen) atoms. The molecule has 66 valence electrons. The highest BCUT2D eigenvalue weighted by Crippen LogP contribution is 2.14. The number of aryl methyl sites for hydroxylation is 1. The lowest BCUT2D eigenvalue weighted by Crippen LogP contribution is -2.07. The molecule has 0 atom stereocenters. The van der Waals surface area contributed by atoms with Gasteiger partial charge in [0.15, 0.2) is 5.75 Å². The van der Waals surface area contributed by atoms with Gasteiger partial charge in [0.2, 0.25) is 0 Å². The van der Waals surface area contributed by atoms with Crippen molar-refractivity contribution in [1.29, 1.82) is 0 Å². The SMILES string of the molecule is Cc1ncccc1OS(=O)(=O)O. The summed E-state index contributed by atoms with van der Waals surface area (Å²) in [6.45, 7) is 1.57. The maximum absolute atomic E-state index is 10.3. The van der Waals surface area contributed by atoms with E-state index in [0.29, 0.717) is 5.69 Å². The normalized spacial score (nSPS) is 11.2. The Labute approximate surface area is 70.0 Å². The predicted octanol–water partition coefficient (Wildman–Crippen LogP) is 0.572. The molecular weight excluding hydrogens is 182 g/mol. The molecule has 0 saturated heterocycles. The van der Waals surface area contributed by atoms with Gasteiger partial charge in [-0.2, -0.15) is 8.42 Å². The lowest BCUT2D eigenvalue weighted by Gasteiger charge is -2.02. The molecule has 1 heterocycles. The van der Waals surface area contributed by atoms with Crippen molar-refractivity contribution in [2.75, 3.05) is 0 Å². The summed E-state index contributed by atoms with van der Waals surface area (Å²) in [4.78, 5) is 3.76. The fourth-order valence-corrected chi connectivity index (χ4v) is 1.07. The first-order chi connectivity index (χ1) is 5.49. The van der Waals surface area contributed by atoms with Gasteiger partial charge in [-0.05, 0) is 19.1 Å². The van der Waals surface area contributed by atoms with E-state index in [1.807, 2.05) is 0 Å². The smallest absolute Gasteiger partial charge is 0.360 e.